The summed E-state index contributed by atoms with van der Waals surface area (Å²) < 4.78 is 11.6. The number of rotatable bonds is 15. The standard InChI is InChI=1S/C10H12Cl3NO2.C9H19NO.C9H17NO.C9H17N.C8H16N2.C8H15N.C7H8Cl3NO2.C5H9NO2.C4H8.7C2H6/c1-2-4-9-5-3-6-14(9)7(10(11,12)13)16-8(9)15;2*1-9(6-4-8-11)5-3-7-10(9)2;1-4-6-9(2)7-5-8-10(9)3;1-10-6-2-3-8(10)4-5-9-7-8;1-3-5-8(2)6-4-7-9-8;8-7(9,10)6-11-3-1-2-4(11)5(12)13-6;7-4-8-5-2-1-3-6-5;1-3-4-2;7*1-2/h2,7H,1,3-6H2;11H,3-8H2,1-2H3;8H,3-7H2,1-2H3;4H,1,5-8H2,2-3H3;9H,2-7H2,1H3;3,9H,1,4-7H2,2H3;4,6H,1-3H2;4-6H,1-3H2;3H,1,4H2,2H3;7*1-2H3. The number of halogens is 6. The molecule has 0 aromatic carbocycles. The quantitative estimate of drug-likeness (QED) is 0.0401. The van der Waals surface area contributed by atoms with Crippen LogP contribution in [0.3, 0.4) is 0 Å². The summed E-state index contributed by atoms with van der Waals surface area (Å²) in [6.45, 7) is 65.7. The van der Waals surface area contributed by atoms with Gasteiger partial charge < -0.3 is 49.4 Å². The molecule has 11 fully saturated rings. The van der Waals surface area contributed by atoms with E-state index in [9.17, 15) is 19.2 Å². The lowest BCUT2D eigenvalue weighted by Gasteiger charge is -2.32. The molecule has 17 nitrogen and oxygen atoms in total. The maximum Gasteiger partial charge on any atom is 0.328 e. The minimum absolute atomic E-state index is 0.00694. The fourth-order valence-corrected chi connectivity index (χ4v) is 15.5. The Hall–Kier alpha value is -1.62. The van der Waals surface area contributed by atoms with Gasteiger partial charge in [-0.1, -0.05) is 198 Å². The van der Waals surface area contributed by atoms with Gasteiger partial charge in [-0.05, 0) is 256 Å². The zero-order chi connectivity index (χ0) is 82.9. The van der Waals surface area contributed by atoms with Crippen LogP contribution < -0.4 is 16.0 Å². The number of cyclic esters (lactones) is 2. The number of aldehydes is 1. The number of carbonyl (C=O) groups is 4. The second kappa shape index (κ2) is 63.7. The maximum atomic E-state index is 11.9. The number of fused-ring (bicyclic) bond motifs is 2. The maximum absolute atomic E-state index is 11.9. The monoisotopic (exact) mass is 1620 g/mol. The van der Waals surface area contributed by atoms with Crippen molar-refractivity contribution in [2.24, 2.45) is 0 Å². The first-order chi connectivity index (χ1) is 50.4. The average molecular weight is 1630 g/mol. The van der Waals surface area contributed by atoms with Gasteiger partial charge in [-0.15, -0.1) is 26.3 Å². The predicted octanol–water partition coefficient (Wildman–Crippen LogP) is 19.9. The Labute approximate surface area is 682 Å². The molecular weight excluding hydrogens is 1460 g/mol. The minimum Gasteiger partial charge on any atom is -0.449 e. The summed E-state index contributed by atoms with van der Waals surface area (Å²) in [6.07, 6.45) is 34.9. The molecule has 11 heterocycles. The molecule has 0 bridgehead atoms. The largest absolute Gasteiger partial charge is 0.449 e. The third-order valence-corrected chi connectivity index (χ3v) is 22.1. The van der Waals surface area contributed by atoms with Crippen LogP contribution in [0.2, 0.25) is 0 Å². The van der Waals surface area contributed by atoms with Gasteiger partial charge in [0.1, 0.15) is 17.9 Å². The van der Waals surface area contributed by atoms with Crippen LogP contribution in [0.4, 0.5) is 0 Å². The second-order valence-corrected chi connectivity index (χ2v) is 32.5. The Kier molecular flexibility index (Phi) is 67.9. The molecule has 0 aliphatic carbocycles. The summed E-state index contributed by atoms with van der Waals surface area (Å²) in [4.78, 5) is 56.5. The van der Waals surface area contributed by atoms with Crippen molar-refractivity contribution in [3.8, 4) is 0 Å². The van der Waals surface area contributed by atoms with E-state index in [-0.39, 0.29) is 24.2 Å². The van der Waals surface area contributed by atoms with Crippen molar-refractivity contribution in [2.45, 2.75) is 358 Å². The van der Waals surface area contributed by atoms with E-state index in [1.165, 1.54) is 116 Å². The molecular formula is C83H163Cl6N9O8. The number of allylic oxidation sites excluding steroid dienone is 1. The van der Waals surface area contributed by atoms with E-state index < -0.39 is 25.6 Å². The third-order valence-electron chi connectivity index (χ3n) is 21.0. The molecule has 106 heavy (non-hydrogen) atoms. The number of nitrogens with zero attached hydrogens (tertiary/aromatic N) is 6. The summed E-state index contributed by atoms with van der Waals surface area (Å²) in [5, 5.41) is 18.6. The van der Waals surface area contributed by atoms with Gasteiger partial charge in [0, 0.05) is 60.4 Å². The first-order valence-electron chi connectivity index (χ1n) is 41.1. The van der Waals surface area contributed by atoms with E-state index in [4.69, 9.17) is 84.2 Å². The van der Waals surface area contributed by atoms with Crippen LogP contribution in [0.5, 0.6) is 0 Å². The van der Waals surface area contributed by atoms with E-state index in [0.717, 1.165) is 96.4 Å². The normalized spacial score (nSPS) is 29.2. The van der Waals surface area contributed by atoms with Crippen LogP contribution in [0.1, 0.15) is 292 Å². The fourth-order valence-electron chi connectivity index (χ4n) is 14.5. The number of ether oxygens (including phenoxy) is 3. The second-order valence-electron chi connectivity index (χ2n) is 27.7. The molecule has 11 aliphatic rings. The highest BCUT2D eigenvalue weighted by atomic mass is 35.6. The highest BCUT2D eigenvalue weighted by Crippen LogP contribution is 2.48. The van der Waals surface area contributed by atoms with E-state index in [1.54, 1.807) is 6.08 Å². The highest BCUT2D eigenvalue weighted by Gasteiger charge is 2.62. The van der Waals surface area contributed by atoms with Crippen LogP contribution in [0, 0.1) is 0 Å². The molecule has 4 N–H and O–H groups in total. The van der Waals surface area contributed by atoms with E-state index >= 15 is 0 Å². The Morgan fingerprint density at radius 3 is 1.42 bits per heavy atom. The van der Waals surface area contributed by atoms with Crippen molar-refractivity contribution in [2.75, 3.05) is 100 Å². The number of aliphatic hydroxyl groups excluding tert-OH is 1. The zero-order valence-electron chi connectivity index (χ0n) is 71.8. The molecule has 11 rings (SSSR count). The van der Waals surface area contributed by atoms with Crippen molar-refractivity contribution in [1.82, 2.24) is 45.3 Å². The Morgan fingerprint density at radius 2 is 1.04 bits per heavy atom. The molecule has 0 saturated carbocycles. The highest BCUT2D eigenvalue weighted by molar-refractivity contribution is 6.68. The average Bonchev–Trinajstić information content (AvgIpc) is 1.59. The fraction of sp³-hybridized carbons (Fsp3) is 0.855. The summed E-state index contributed by atoms with van der Waals surface area (Å²) in [5.41, 5.74) is 1.39. The summed E-state index contributed by atoms with van der Waals surface area (Å²) in [5.74, 6) is -0.574. The molecule has 10 atom stereocenters. The molecule has 0 radical (unpaired) electrons. The number of nitrogens with one attached hydrogen (secondary N) is 3. The first-order valence-corrected chi connectivity index (χ1v) is 43.4. The summed E-state index contributed by atoms with van der Waals surface area (Å²) in [7, 11) is 8.80. The number of hydrogen-bond acceptors (Lipinski definition) is 17. The van der Waals surface area contributed by atoms with Gasteiger partial charge in [0.25, 0.3) is 6.47 Å². The lowest BCUT2D eigenvalue weighted by Crippen LogP contribution is -2.48. The molecule has 0 aromatic heterocycles. The van der Waals surface area contributed by atoms with Crippen LogP contribution >= 0.6 is 69.6 Å². The van der Waals surface area contributed by atoms with Crippen LogP contribution in [-0.4, -0.2) is 225 Å². The molecule has 23 heteroatoms. The molecule has 11 saturated heterocycles. The van der Waals surface area contributed by atoms with Crippen molar-refractivity contribution < 1.29 is 38.5 Å². The number of hydrogen-bond donors (Lipinski definition) is 4. The van der Waals surface area contributed by atoms with E-state index in [2.05, 4.69) is 129 Å². The molecule has 0 amide bonds. The van der Waals surface area contributed by atoms with Crippen LogP contribution in [0.15, 0.2) is 50.6 Å². The predicted molar refractivity (Wildman–Crippen MR) is 461 cm³/mol. The molecule has 11 aliphatic heterocycles. The minimum atomic E-state index is -1.61. The number of aliphatic hydroxyl groups is 1. The van der Waals surface area contributed by atoms with Gasteiger partial charge in [-0.2, -0.15) is 0 Å². The van der Waals surface area contributed by atoms with Crippen molar-refractivity contribution in [3.05, 3.63) is 50.6 Å². The SMILES string of the molecule is C=CCC.C=CCC1(C)CCCN1.C=CCC1(C)CCCN1C.C=CCC12CCCN1C(C(Cl)(Cl)Cl)OC2=O.CC.CC.CC.CC.CC.CC.CC.CN1CCCC1(C)CCC=O.CN1CCCC1(C)CCCO.CN1CCCC12CCNC2.O=C1OC(C(Cl)(Cl)Cl)N2CCCC12.O=COC1CCCN1. The number of carbonyl (C=O) groups excluding carboxylic acids is 4. The Morgan fingerprint density at radius 1 is 0.547 bits per heavy atom. The number of likely N-dealkylation sites (tertiary alicyclic amines) is 4. The van der Waals surface area contributed by atoms with Gasteiger partial charge in [0.15, 0.2) is 6.23 Å². The third kappa shape index (κ3) is 39.9. The molecule has 10 unspecified atom stereocenters. The van der Waals surface area contributed by atoms with Crippen molar-refractivity contribution in [1.29, 1.82) is 0 Å². The van der Waals surface area contributed by atoms with Gasteiger partial charge in [-0.3, -0.25) is 24.7 Å². The molecule has 0 aromatic rings. The van der Waals surface area contributed by atoms with E-state index in [0.29, 0.717) is 60.2 Å². The van der Waals surface area contributed by atoms with E-state index in [1.807, 2.05) is 125 Å². The first kappa shape index (κ1) is 113. The molecule has 1 spiro atoms. The summed E-state index contributed by atoms with van der Waals surface area (Å²) >= 11 is 34.5. The molecule has 630 valence electrons. The van der Waals surface area contributed by atoms with Crippen LogP contribution in [-0.2, 0) is 33.4 Å². The number of likely N-dealkylation sites (N-methyl/N-ethyl adjacent to an activating group) is 1. The van der Waals surface area contributed by atoms with Crippen molar-refractivity contribution in [3.63, 3.8) is 0 Å². The van der Waals surface area contributed by atoms with Gasteiger partial charge in [-0.25, -0.2) is 9.69 Å². The lowest BCUT2D eigenvalue weighted by atomic mass is 9.93. The number of alkyl halides is 6. The smallest absolute Gasteiger partial charge is 0.328 e. The number of esters is 2. The Balaban J connectivity index is -0.000000357. The topological polar surface area (TPSA) is 172 Å². The lowest BCUT2D eigenvalue weighted by molar-refractivity contribution is -0.145. The van der Waals surface area contributed by atoms with Gasteiger partial charge in [0.2, 0.25) is 20.0 Å². The van der Waals surface area contributed by atoms with Crippen LogP contribution in [0.25, 0.3) is 0 Å². The van der Waals surface area contributed by atoms with Gasteiger partial charge in [0.05, 0.1) is 0 Å². The summed E-state index contributed by atoms with van der Waals surface area (Å²) in [6, 6.07) is -0.194. The Bertz CT molecular complexity index is 2220. The van der Waals surface area contributed by atoms with Crippen molar-refractivity contribution >= 4 is 94.3 Å². The van der Waals surface area contributed by atoms with Gasteiger partial charge >= 0.3 is 11.9 Å². The zero-order valence-corrected chi connectivity index (χ0v) is 76.3.